The molecule has 5 nitrogen and oxygen atoms in total. The van der Waals surface area contributed by atoms with Crippen molar-refractivity contribution < 1.29 is 19.9 Å². The summed E-state index contributed by atoms with van der Waals surface area (Å²) in [7, 11) is -0.750. The van der Waals surface area contributed by atoms with E-state index in [9.17, 15) is 4.79 Å². The van der Waals surface area contributed by atoms with Gasteiger partial charge < -0.3 is 20.9 Å². The molecule has 0 fully saturated rings. The van der Waals surface area contributed by atoms with Gasteiger partial charge in [0, 0.05) is 0 Å². The monoisotopic (exact) mass is 135 g/mol. The number of hydrogen-bond acceptors (Lipinski definition) is 4. The predicted molar refractivity (Wildman–Crippen MR) is 32.9 cm³/mol. The fraction of sp³-hybridized carbons (Fsp3) is 0.667. The first kappa shape index (κ1) is 11.2. The van der Waals surface area contributed by atoms with E-state index in [4.69, 9.17) is 20.9 Å². The van der Waals surface area contributed by atoms with Crippen molar-refractivity contribution >= 4 is 13.7 Å². The van der Waals surface area contributed by atoms with Crippen LogP contribution in [0.5, 0.6) is 0 Å². The van der Waals surface area contributed by atoms with Crippen molar-refractivity contribution in [1.82, 2.24) is 0 Å². The van der Waals surface area contributed by atoms with Crippen LogP contribution in [0.3, 0.4) is 0 Å². The molecule has 0 aromatic heterocycles. The number of aliphatic carboxylic acids is 1. The summed E-state index contributed by atoms with van der Waals surface area (Å²) in [6.45, 7) is 1.42. The Labute approximate surface area is 53.4 Å². The molecule has 0 heterocycles. The summed E-state index contributed by atoms with van der Waals surface area (Å²) in [5.41, 5.74) is 4.84. The molecule has 6 heteroatoms. The van der Waals surface area contributed by atoms with Gasteiger partial charge in [0.1, 0.15) is 6.04 Å². The predicted octanol–water partition coefficient (Wildman–Crippen LogP) is -2.34. The summed E-state index contributed by atoms with van der Waals surface area (Å²) in [5, 5.41) is 22.1. The van der Waals surface area contributed by atoms with E-state index < -0.39 is 19.7 Å². The van der Waals surface area contributed by atoms with Crippen molar-refractivity contribution in [2.24, 2.45) is 5.73 Å². The first-order chi connectivity index (χ1) is 4.06. The molecule has 0 aliphatic carbocycles. The minimum Gasteiger partial charge on any atom is -0.480 e. The molecular formula is C3H10BNO4. The maximum atomic E-state index is 9.57. The quantitative estimate of drug-likeness (QED) is 0.301. The Hall–Kier alpha value is -0.585. The number of carboxylic acids is 1. The highest BCUT2D eigenvalue weighted by molar-refractivity contribution is 6.13. The van der Waals surface area contributed by atoms with Crippen LogP contribution in [0.25, 0.3) is 0 Å². The summed E-state index contributed by atoms with van der Waals surface area (Å²) >= 11 is 0. The Morgan fingerprint density at radius 1 is 1.67 bits per heavy atom. The Bertz CT molecular complexity index is 76.2. The van der Waals surface area contributed by atoms with Crippen molar-refractivity contribution in [2.45, 2.75) is 13.0 Å². The molecule has 0 amide bonds. The standard InChI is InChI=1S/C3H7NO2.BH3O2/c1-2(4)3(5)6;2-1-3/h2H,4H2,1H3,(H,5,6);1-3H. The van der Waals surface area contributed by atoms with Crippen molar-refractivity contribution in [3.8, 4) is 0 Å². The van der Waals surface area contributed by atoms with Gasteiger partial charge in [-0.05, 0) is 6.92 Å². The number of nitrogens with two attached hydrogens (primary N) is 1. The molecule has 9 heavy (non-hydrogen) atoms. The zero-order valence-electron chi connectivity index (χ0n) is 5.11. The topological polar surface area (TPSA) is 104 Å². The van der Waals surface area contributed by atoms with Gasteiger partial charge in [-0.25, -0.2) is 0 Å². The second-order valence-electron chi connectivity index (χ2n) is 1.27. The van der Waals surface area contributed by atoms with Gasteiger partial charge in [0.25, 0.3) is 0 Å². The van der Waals surface area contributed by atoms with Crippen LogP contribution in [0, 0.1) is 0 Å². The summed E-state index contributed by atoms with van der Waals surface area (Å²) in [6, 6.07) is -0.731. The lowest BCUT2D eigenvalue weighted by molar-refractivity contribution is -0.138. The number of carboxylic acid groups (broad SMARTS) is 1. The van der Waals surface area contributed by atoms with Gasteiger partial charge in [-0.15, -0.1) is 0 Å². The Morgan fingerprint density at radius 2 is 1.78 bits per heavy atom. The Morgan fingerprint density at radius 3 is 1.78 bits per heavy atom. The van der Waals surface area contributed by atoms with Crippen LogP contribution in [0.4, 0.5) is 0 Å². The van der Waals surface area contributed by atoms with Crippen LogP contribution < -0.4 is 5.73 Å². The maximum Gasteiger partial charge on any atom is 0.432 e. The van der Waals surface area contributed by atoms with Crippen LogP contribution >= 0.6 is 0 Å². The molecule has 0 aliphatic rings. The van der Waals surface area contributed by atoms with E-state index in [1.165, 1.54) is 6.92 Å². The highest BCUT2D eigenvalue weighted by Gasteiger charge is 1.99. The molecule has 5 N–H and O–H groups in total. The van der Waals surface area contributed by atoms with E-state index in [1.807, 2.05) is 0 Å². The molecule has 54 valence electrons. The fourth-order valence-corrected chi connectivity index (χ4v) is 0. The van der Waals surface area contributed by atoms with E-state index in [1.54, 1.807) is 0 Å². The summed E-state index contributed by atoms with van der Waals surface area (Å²) < 4.78 is 0. The smallest absolute Gasteiger partial charge is 0.432 e. The lowest BCUT2D eigenvalue weighted by atomic mass is 10.4. The molecule has 0 radical (unpaired) electrons. The number of hydrogen-bond donors (Lipinski definition) is 4. The molecule has 1 unspecified atom stereocenters. The normalized spacial score (nSPS) is 10.7. The SMILES string of the molecule is CC(N)C(=O)O.OBO. The Kier molecular flexibility index (Phi) is 9.26. The molecule has 0 aromatic rings. The maximum absolute atomic E-state index is 9.57. The first-order valence-corrected chi connectivity index (χ1v) is 2.26. The van der Waals surface area contributed by atoms with Gasteiger partial charge in [0.05, 0.1) is 0 Å². The van der Waals surface area contributed by atoms with E-state index in [0.717, 1.165) is 0 Å². The Balaban J connectivity index is 0. The van der Waals surface area contributed by atoms with Gasteiger partial charge in [-0.3, -0.25) is 4.79 Å². The average molecular weight is 135 g/mol. The molecule has 0 aromatic carbocycles. The van der Waals surface area contributed by atoms with Crippen molar-refractivity contribution in [2.75, 3.05) is 0 Å². The fourth-order valence-electron chi connectivity index (χ4n) is 0. The van der Waals surface area contributed by atoms with Gasteiger partial charge >= 0.3 is 13.7 Å². The highest BCUT2D eigenvalue weighted by atomic mass is 16.4. The zero-order valence-corrected chi connectivity index (χ0v) is 5.11. The van der Waals surface area contributed by atoms with E-state index >= 15 is 0 Å². The highest BCUT2D eigenvalue weighted by Crippen LogP contribution is 1.68. The molecule has 0 rings (SSSR count). The largest absolute Gasteiger partial charge is 0.480 e. The van der Waals surface area contributed by atoms with Crippen molar-refractivity contribution in [3.05, 3.63) is 0 Å². The summed E-state index contributed by atoms with van der Waals surface area (Å²) in [6.07, 6.45) is 0. The van der Waals surface area contributed by atoms with Gasteiger partial charge in [0.2, 0.25) is 0 Å². The van der Waals surface area contributed by atoms with Crippen LogP contribution in [0.2, 0.25) is 0 Å². The lowest BCUT2D eigenvalue weighted by Crippen LogP contribution is -2.25. The molecule has 0 saturated carbocycles. The molecule has 0 bridgehead atoms. The van der Waals surface area contributed by atoms with E-state index in [0.29, 0.717) is 0 Å². The average Bonchev–Trinajstić information content (AvgIpc) is 1.68. The molecular weight excluding hydrogens is 125 g/mol. The minimum absolute atomic E-state index is 0.731. The van der Waals surface area contributed by atoms with Gasteiger partial charge in [-0.2, -0.15) is 0 Å². The number of rotatable bonds is 1. The summed E-state index contributed by atoms with van der Waals surface area (Å²) in [4.78, 5) is 9.57. The molecule has 0 aliphatic heterocycles. The van der Waals surface area contributed by atoms with Gasteiger partial charge in [0.15, 0.2) is 0 Å². The second kappa shape index (κ2) is 7.41. The lowest BCUT2D eigenvalue weighted by Gasteiger charge is -1.90. The third kappa shape index (κ3) is 18.6. The van der Waals surface area contributed by atoms with Crippen LogP contribution in [-0.4, -0.2) is 34.9 Å². The third-order valence-corrected chi connectivity index (χ3v) is 0.390. The third-order valence-electron chi connectivity index (χ3n) is 0.390. The van der Waals surface area contributed by atoms with Gasteiger partial charge in [-0.1, -0.05) is 0 Å². The molecule has 0 spiro atoms. The van der Waals surface area contributed by atoms with Crippen LogP contribution in [0.1, 0.15) is 6.92 Å². The number of carbonyl (C=O) groups is 1. The van der Waals surface area contributed by atoms with Crippen LogP contribution in [0.15, 0.2) is 0 Å². The van der Waals surface area contributed by atoms with Crippen LogP contribution in [-0.2, 0) is 4.79 Å². The zero-order chi connectivity index (χ0) is 7.86. The summed E-state index contributed by atoms with van der Waals surface area (Å²) in [5.74, 6) is -0.963. The van der Waals surface area contributed by atoms with E-state index in [-0.39, 0.29) is 0 Å². The minimum atomic E-state index is -0.963. The van der Waals surface area contributed by atoms with E-state index in [2.05, 4.69) is 0 Å². The van der Waals surface area contributed by atoms with Crippen molar-refractivity contribution in [3.63, 3.8) is 0 Å². The second-order valence-corrected chi connectivity index (χ2v) is 1.27. The molecule has 1 atom stereocenters. The van der Waals surface area contributed by atoms with Crippen molar-refractivity contribution in [1.29, 1.82) is 0 Å². The molecule has 0 saturated heterocycles. The first-order valence-electron chi connectivity index (χ1n) is 2.26.